The van der Waals surface area contributed by atoms with Gasteiger partial charge < -0.3 is 15.4 Å². The fraction of sp³-hybridized carbons (Fsp3) is 0.588. The maximum absolute atomic E-state index is 12.8. The van der Waals surface area contributed by atoms with Crippen molar-refractivity contribution < 1.29 is 9.53 Å². The van der Waals surface area contributed by atoms with Crippen LogP contribution in [-0.2, 0) is 0 Å². The predicted molar refractivity (Wildman–Crippen MR) is 91.7 cm³/mol. The average Bonchev–Trinajstić information content (AvgIpc) is 2.41. The zero-order valence-corrected chi connectivity index (χ0v) is 14.7. The summed E-state index contributed by atoms with van der Waals surface area (Å²) in [6.07, 6.45) is 0.886. The molecule has 0 spiro atoms. The SMILES string of the molecule is CC(C)Oc1ccccc1C(=O)N1CCC(N)C(C)(C)C1.Cl. The normalized spacial score (nSPS) is 20.5. The topological polar surface area (TPSA) is 55.6 Å². The molecule has 0 radical (unpaired) electrons. The van der Waals surface area contributed by atoms with E-state index in [1.165, 1.54) is 0 Å². The van der Waals surface area contributed by atoms with E-state index in [0.717, 1.165) is 6.42 Å². The molecule has 0 aliphatic carbocycles. The highest BCUT2D eigenvalue weighted by atomic mass is 35.5. The first-order valence-corrected chi connectivity index (χ1v) is 7.62. The zero-order valence-electron chi connectivity index (χ0n) is 13.8. The molecule has 0 saturated carbocycles. The van der Waals surface area contributed by atoms with Crippen LogP contribution in [0.2, 0.25) is 0 Å². The molecule has 1 aromatic rings. The van der Waals surface area contributed by atoms with Crippen LogP contribution in [0.3, 0.4) is 0 Å². The second-order valence-electron chi connectivity index (χ2n) is 6.77. The second kappa shape index (κ2) is 7.34. The van der Waals surface area contributed by atoms with E-state index in [9.17, 15) is 4.79 Å². The van der Waals surface area contributed by atoms with E-state index in [1.54, 1.807) is 0 Å². The summed E-state index contributed by atoms with van der Waals surface area (Å²) in [5, 5.41) is 0. The molecule has 1 saturated heterocycles. The van der Waals surface area contributed by atoms with E-state index in [4.69, 9.17) is 10.5 Å². The van der Waals surface area contributed by atoms with Crippen molar-refractivity contribution in [2.24, 2.45) is 11.1 Å². The summed E-state index contributed by atoms with van der Waals surface area (Å²) in [4.78, 5) is 14.7. The molecule has 2 rings (SSSR count). The van der Waals surface area contributed by atoms with Crippen molar-refractivity contribution in [3.05, 3.63) is 29.8 Å². The van der Waals surface area contributed by atoms with E-state index < -0.39 is 0 Å². The van der Waals surface area contributed by atoms with E-state index in [-0.39, 0.29) is 35.9 Å². The Morgan fingerprint density at radius 3 is 2.59 bits per heavy atom. The Morgan fingerprint density at radius 2 is 2.00 bits per heavy atom. The minimum Gasteiger partial charge on any atom is -0.490 e. The highest BCUT2D eigenvalue weighted by Gasteiger charge is 2.36. The number of carbonyl (C=O) groups excluding carboxylic acids is 1. The molecule has 1 atom stereocenters. The van der Waals surface area contributed by atoms with Crippen molar-refractivity contribution in [1.82, 2.24) is 4.90 Å². The molecule has 22 heavy (non-hydrogen) atoms. The van der Waals surface area contributed by atoms with Gasteiger partial charge in [-0.2, -0.15) is 0 Å². The van der Waals surface area contributed by atoms with Gasteiger partial charge in [0.05, 0.1) is 11.7 Å². The molecule has 0 bridgehead atoms. The quantitative estimate of drug-likeness (QED) is 0.928. The van der Waals surface area contributed by atoms with Crippen molar-refractivity contribution >= 4 is 18.3 Å². The molecule has 1 aromatic carbocycles. The van der Waals surface area contributed by atoms with Crippen LogP contribution in [-0.4, -0.2) is 36.0 Å². The molecular weight excluding hydrogens is 300 g/mol. The zero-order chi connectivity index (χ0) is 15.6. The van der Waals surface area contributed by atoms with E-state index >= 15 is 0 Å². The summed E-state index contributed by atoms with van der Waals surface area (Å²) in [6.45, 7) is 9.55. The first kappa shape index (κ1) is 18.8. The largest absolute Gasteiger partial charge is 0.490 e. The lowest BCUT2D eigenvalue weighted by Crippen LogP contribution is -2.54. The number of benzene rings is 1. The summed E-state index contributed by atoms with van der Waals surface area (Å²) in [6, 6.07) is 7.60. The van der Waals surface area contributed by atoms with Gasteiger partial charge >= 0.3 is 0 Å². The lowest BCUT2D eigenvalue weighted by Gasteiger charge is -2.42. The molecule has 2 N–H and O–H groups in total. The number of para-hydroxylation sites is 1. The number of piperidine rings is 1. The van der Waals surface area contributed by atoms with Crippen molar-refractivity contribution in [2.45, 2.75) is 46.3 Å². The van der Waals surface area contributed by atoms with Gasteiger partial charge in [-0.1, -0.05) is 26.0 Å². The second-order valence-corrected chi connectivity index (χ2v) is 6.77. The van der Waals surface area contributed by atoms with Gasteiger partial charge in [0.15, 0.2) is 0 Å². The Hall–Kier alpha value is -1.26. The Morgan fingerprint density at radius 1 is 1.36 bits per heavy atom. The van der Waals surface area contributed by atoms with Crippen molar-refractivity contribution in [3.8, 4) is 5.75 Å². The summed E-state index contributed by atoms with van der Waals surface area (Å²) >= 11 is 0. The van der Waals surface area contributed by atoms with E-state index in [1.807, 2.05) is 43.0 Å². The molecule has 1 heterocycles. The third-order valence-electron chi connectivity index (χ3n) is 4.08. The molecule has 1 aliphatic rings. The Balaban J connectivity index is 0.00000242. The fourth-order valence-electron chi connectivity index (χ4n) is 2.72. The fourth-order valence-corrected chi connectivity index (χ4v) is 2.72. The molecular formula is C17H27ClN2O2. The van der Waals surface area contributed by atoms with Crippen LogP contribution in [0.4, 0.5) is 0 Å². The first-order chi connectivity index (χ1) is 9.81. The number of amides is 1. The number of likely N-dealkylation sites (tertiary alicyclic amines) is 1. The maximum Gasteiger partial charge on any atom is 0.257 e. The average molecular weight is 327 g/mol. The third kappa shape index (κ3) is 4.14. The maximum atomic E-state index is 12.8. The van der Waals surface area contributed by atoms with Gasteiger partial charge in [0.25, 0.3) is 5.91 Å². The Labute approximate surface area is 139 Å². The van der Waals surface area contributed by atoms with Crippen LogP contribution in [0.1, 0.15) is 44.5 Å². The molecule has 4 nitrogen and oxygen atoms in total. The van der Waals surface area contributed by atoms with Crippen molar-refractivity contribution in [3.63, 3.8) is 0 Å². The lowest BCUT2D eigenvalue weighted by atomic mass is 9.79. The molecule has 1 amide bonds. The van der Waals surface area contributed by atoms with Crippen LogP contribution in [0, 0.1) is 5.41 Å². The van der Waals surface area contributed by atoms with Crippen LogP contribution in [0.25, 0.3) is 0 Å². The van der Waals surface area contributed by atoms with E-state index in [2.05, 4.69) is 13.8 Å². The number of halogens is 1. The predicted octanol–water partition coefficient (Wildman–Crippen LogP) is 3.10. The van der Waals surface area contributed by atoms with Crippen LogP contribution in [0.15, 0.2) is 24.3 Å². The summed E-state index contributed by atoms with van der Waals surface area (Å²) in [7, 11) is 0. The highest BCUT2D eigenvalue weighted by molar-refractivity contribution is 5.97. The molecule has 0 aromatic heterocycles. The number of carbonyl (C=O) groups is 1. The van der Waals surface area contributed by atoms with Gasteiger partial charge in [0, 0.05) is 19.1 Å². The number of hydrogen-bond acceptors (Lipinski definition) is 3. The third-order valence-corrected chi connectivity index (χ3v) is 4.08. The van der Waals surface area contributed by atoms with Crippen molar-refractivity contribution in [1.29, 1.82) is 0 Å². The molecule has 124 valence electrons. The van der Waals surface area contributed by atoms with Crippen LogP contribution >= 0.6 is 12.4 Å². The Bertz CT molecular complexity index is 517. The molecule has 5 heteroatoms. The van der Waals surface area contributed by atoms with Gasteiger partial charge in [0.1, 0.15) is 5.75 Å². The van der Waals surface area contributed by atoms with Gasteiger partial charge in [0.2, 0.25) is 0 Å². The monoisotopic (exact) mass is 326 g/mol. The minimum atomic E-state index is -0.0538. The summed E-state index contributed by atoms with van der Waals surface area (Å²) in [5.74, 6) is 0.691. The van der Waals surface area contributed by atoms with E-state index in [0.29, 0.717) is 24.4 Å². The smallest absolute Gasteiger partial charge is 0.257 e. The van der Waals surface area contributed by atoms with Gasteiger partial charge in [-0.25, -0.2) is 0 Å². The lowest BCUT2D eigenvalue weighted by molar-refractivity contribution is 0.0528. The molecule has 1 fully saturated rings. The van der Waals surface area contributed by atoms with Crippen molar-refractivity contribution in [2.75, 3.05) is 13.1 Å². The number of nitrogens with zero attached hydrogens (tertiary/aromatic N) is 1. The standard InChI is InChI=1S/C17H26N2O2.ClH/c1-12(2)21-14-8-6-5-7-13(14)16(20)19-10-9-15(18)17(3,4)11-19;/h5-8,12,15H,9-11,18H2,1-4H3;1H. The summed E-state index contributed by atoms with van der Waals surface area (Å²) in [5.41, 5.74) is 6.73. The number of nitrogens with two attached hydrogens (primary N) is 1. The van der Waals surface area contributed by atoms with Crippen LogP contribution < -0.4 is 10.5 Å². The summed E-state index contributed by atoms with van der Waals surface area (Å²) < 4.78 is 5.76. The van der Waals surface area contributed by atoms with Crippen LogP contribution in [0.5, 0.6) is 5.75 Å². The molecule has 1 unspecified atom stereocenters. The van der Waals surface area contributed by atoms with Gasteiger partial charge in [-0.3, -0.25) is 4.79 Å². The highest BCUT2D eigenvalue weighted by Crippen LogP contribution is 2.30. The number of rotatable bonds is 3. The first-order valence-electron chi connectivity index (χ1n) is 7.62. The number of ether oxygens (including phenoxy) is 1. The molecule has 1 aliphatic heterocycles. The minimum absolute atomic E-state index is 0. The number of hydrogen-bond donors (Lipinski definition) is 1. The Kier molecular flexibility index (Phi) is 6.27. The van der Waals surface area contributed by atoms with Gasteiger partial charge in [-0.15, -0.1) is 12.4 Å². The van der Waals surface area contributed by atoms with Gasteiger partial charge in [-0.05, 0) is 37.8 Å².